The molecular weight excluding hydrogens is 333 g/mol. The molecule has 138 valence electrons. The lowest BCUT2D eigenvalue weighted by Crippen LogP contribution is -2.41. The molecule has 0 aromatic heterocycles. The van der Waals surface area contributed by atoms with Crippen LogP contribution < -0.4 is 14.8 Å². The average Bonchev–Trinajstić information content (AvgIpc) is 2.59. The Morgan fingerprint density at radius 3 is 2.81 bits per heavy atom. The molecular formula is C21H24FNO3. The molecule has 0 radical (unpaired) electrons. The Bertz CT molecular complexity index is 804. The highest BCUT2D eigenvalue weighted by Gasteiger charge is 2.34. The van der Waals surface area contributed by atoms with Crippen LogP contribution in [-0.2, 0) is 11.2 Å². The number of halogens is 1. The van der Waals surface area contributed by atoms with Crippen molar-refractivity contribution in [2.24, 2.45) is 0 Å². The van der Waals surface area contributed by atoms with Gasteiger partial charge in [-0.1, -0.05) is 18.2 Å². The first-order chi connectivity index (χ1) is 12.4. The summed E-state index contributed by atoms with van der Waals surface area (Å²) in [7, 11) is 1.61. The molecule has 4 nitrogen and oxygen atoms in total. The monoisotopic (exact) mass is 357 g/mol. The van der Waals surface area contributed by atoms with Crippen LogP contribution in [0.2, 0.25) is 0 Å². The van der Waals surface area contributed by atoms with Crippen molar-refractivity contribution in [3.63, 3.8) is 0 Å². The van der Waals surface area contributed by atoms with Gasteiger partial charge in [-0.25, -0.2) is 4.39 Å². The zero-order valence-electron chi connectivity index (χ0n) is 15.3. The summed E-state index contributed by atoms with van der Waals surface area (Å²) in [6, 6.07) is 12.0. The lowest BCUT2D eigenvalue weighted by Gasteiger charge is -2.38. The number of hydrogen-bond acceptors (Lipinski definition) is 3. The number of rotatable bonds is 5. The number of benzene rings is 2. The van der Waals surface area contributed by atoms with Gasteiger partial charge in [-0.2, -0.15) is 0 Å². The van der Waals surface area contributed by atoms with E-state index in [1.54, 1.807) is 25.3 Å². The van der Waals surface area contributed by atoms with E-state index < -0.39 is 5.60 Å². The van der Waals surface area contributed by atoms with Gasteiger partial charge in [0.15, 0.2) is 0 Å². The van der Waals surface area contributed by atoms with Crippen molar-refractivity contribution >= 4 is 5.91 Å². The maximum atomic E-state index is 13.7. The Kier molecular flexibility index (Phi) is 5.16. The Morgan fingerprint density at radius 2 is 2.08 bits per heavy atom. The van der Waals surface area contributed by atoms with Gasteiger partial charge in [0.25, 0.3) is 0 Å². The second kappa shape index (κ2) is 7.36. The number of amides is 1. The van der Waals surface area contributed by atoms with Gasteiger partial charge in [-0.15, -0.1) is 0 Å². The molecule has 0 saturated carbocycles. The third kappa shape index (κ3) is 4.15. The average molecular weight is 357 g/mol. The summed E-state index contributed by atoms with van der Waals surface area (Å²) in [5, 5.41) is 3.08. The van der Waals surface area contributed by atoms with E-state index in [0.717, 1.165) is 11.3 Å². The minimum Gasteiger partial charge on any atom is -0.497 e. The van der Waals surface area contributed by atoms with Gasteiger partial charge in [0.1, 0.15) is 22.9 Å². The zero-order chi connectivity index (χ0) is 18.7. The van der Waals surface area contributed by atoms with Crippen molar-refractivity contribution in [2.75, 3.05) is 7.11 Å². The topological polar surface area (TPSA) is 47.6 Å². The first-order valence-electron chi connectivity index (χ1n) is 8.78. The molecule has 3 rings (SSSR count). The van der Waals surface area contributed by atoms with E-state index in [2.05, 4.69) is 5.32 Å². The summed E-state index contributed by atoms with van der Waals surface area (Å²) in [5.41, 5.74) is 1.09. The molecule has 2 aromatic rings. The molecule has 1 aliphatic heterocycles. The van der Waals surface area contributed by atoms with E-state index in [1.807, 2.05) is 32.0 Å². The summed E-state index contributed by atoms with van der Waals surface area (Å²) >= 11 is 0. The van der Waals surface area contributed by atoms with Gasteiger partial charge < -0.3 is 14.8 Å². The lowest BCUT2D eigenvalue weighted by molar-refractivity contribution is -0.122. The fourth-order valence-electron chi connectivity index (χ4n) is 3.30. The number of methoxy groups -OCH3 is 1. The summed E-state index contributed by atoms with van der Waals surface area (Å²) in [6.07, 6.45) is 1.28. The third-order valence-electron chi connectivity index (χ3n) is 4.59. The normalized spacial score (nSPS) is 17.8. The summed E-state index contributed by atoms with van der Waals surface area (Å²) in [6.45, 7) is 3.99. The Morgan fingerprint density at radius 1 is 1.31 bits per heavy atom. The van der Waals surface area contributed by atoms with Gasteiger partial charge in [0.05, 0.1) is 13.2 Å². The van der Waals surface area contributed by atoms with Crippen molar-refractivity contribution < 1.29 is 18.7 Å². The zero-order valence-corrected chi connectivity index (χ0v) is 15.3. The highest BCUT2D eigenvalue weighted by atomic mass is 19.1. The Labute approximate surface area is 153 Å². The fourth-order valence-corrected chi connectivity index (χ4v) is 3.30. The maximum Gasteiger partial charge on any atom is 0.220 e. The molecule has 1 heterocycles. The Balaban J connectivity index is 1.71. The molecule has 2 aromatic carbocycles. The van der Waals surface area contributed by atoms with Crippen molar-refractivity contribution in [1.29, 1.82) is 0 Å². The van der Waals surface area contributed by atoms with Crippen LogP contribution in [0.25, 0.3) is 0 Å². The van der Waals surface area contributed by atoms with Crippen molar-refractivity contribution in [3.05, 3.63) is 59.4 Å². The number of carbonyl (C=O) groups is 1. The van der Waals surface area contributed by atoms with Crippen molar-refractivity contribution in [3.8, 4) is 11.5 Å². The van der Waals surface area contributed by atoms with Crippen LogP contribution in [0.1, 0.15) is 43.9 Å². The summed E-state index contributed by atoms with van der Waals surface area (Å²) in [5.74, 6) is 1.06. The maximum absolute atomic E-state index is 13.7. The van der Waals surface area contributed by atoms with Gasteiger partial charge in [-0.05, 0) is 44.0 Å². The van der Waals surface area contributed by atoms with Gasteiger partial charge in [0, 0.05) is 24.5 Å². The molecule has 5 heteroatoms. The summed E-state index contributed by atoms with van der Waals surface area (Å²) < 4.78 is 25.0. The number of nitrogens with one attached hydrogen (secondary N) is 1. The highest BCUT2D eigenvalue weighted by Crippen LogP contribution is 2.41. The van der Waals surface area contributed by atoms with Crippen molar-refractivity contribution in [2.45, 2.75) is 44.8 Å². The van der Waals surface area contributed by atoms with E-state index in [-0.39, 0.29) is 24.2 Å². The van der Waals surface area contributed by atoms with E-state index in [9.17, 15) is 9.18 Å². The van der Waals surface area contributed by atoms with Gasteiger partial charge in [0.2, 0.25) is 5.91 Å². The van der Waals surface area contributed by atoms with E-state index in [4.69, 9.17) is 9.47 Å². The van der Waals surface area contributed by atoms with E-state index >= 15 is 0 Å². The predicted molar refractivity (Wildman–Crippen MR) is 97.9 cm³/mol. The molecule has 0 bridgehead atoms. The molecule has 0 saturated heterocycles. The number of fused-ring (bicyclic) bond motifs is 1. The van der Waals surface area contributed by atoms with Crippen LogP contribution in [0.15, 0.2) is 42.5 Å². The van der Waals surface area contributed by atoms with Gasteiger partial charge in [-0.3, -0.25) is 4.79 Å². The van der Waals surface area contributed by atoms with Crippen molar-refractivity contribution in [1.82, 2.24) is 5.32 Å². The third-order valence-corrected chi connectivity index (χ3v) is 4.59. The summed E-state index contributed by atoms with van der Waals surface area (Å²) in [4.78, 5) is 12.4. The quantitative estimate of drug-likeness (QED) is 0.873. The molecule has 1 amide bonds. The number of carbonyl (C=O) groups excluding carboxylic acids is 1. The first-order valence-corrected chi connectivity index (χ1v) is 8.78. The standard InChI is InChI=1S/C21H24FNO3/c1-21(2)13-18(16-10-9-15(25-3)12-19(16)26-21)23-20(24)11-8-14-6-4-5-7-17(14)22/h4-7,9-10,12,18H,8,11,13H2,1-3H3,(H,23,24)/t18-/m0/s1. The number of ether oxygens (including phenoxy) is 2. The van der Waals surface area contributed by atoms with Crippen LogP contribution in [0, 0.1) is 5.82 Å². The predicted octanol–water partition coefficient (Wildman–Crippen LogP) is 4.19. The number of hydrogen-bond donors (Lipinski definition) is 1. The smallest absolute Gasteiger partial charge is 0.220 e. The second-order valence-corrected chi connectivity index (χ2v) is 7.18. The van der Waals surface area contributed by atoms with Crippen LogP contribution >= 0.6 is 0 Å². The van der Waals surface area contributed by atoms with E-state index in [1.165, 1.54) is 6.07 Å². The number of aryl methyl sites for hydroxylation is 1. The molecule has 0 aliphatic carbocycles. The van der Waals surface area contributed by atoms with Crippen LogP contribution in [0.5, 0.6) is 11.5 Å². The minimum atomic E-state index is -0.400. The Hall–Kier alpha value is -2.56. The molecule has 1 N–H and O–H groups in total. The molecule has 26 heavy (non-hydrogen) atoms. The van der Waals surface area contributed by atoms with Crippen LogP contribution in [0.4, 0.5) is 4.39 Å². The van der Waals surface area contributed by atoms with Crippen LogP contribution in [-0.4, -0.2) is 18.6 Å². The largest absolute Gasteiger partial charge is 0.497 e. The first kappa shape index (κ1) is 18.2. The molecule has 1 aliphatic rings. The van der Waals surface area contributed by atoms with E-state index in [0.29, 0.717) is 24.2 Å². The molecule has 1 atom stereocenters. The van der Waals surface area contributed by atoms with Gasteiger partial charge >= 0.3 is 0 Å². The molecule has 0 unspecified atom stereocenters. The molecule has 0 fully saturated rings. The molecule has 0 spiro atoms. The fraction of sp³-hybridized carbons (Fsp3) is 0.381. The highest BCUT2D eigenvalue weighted by molar-refractivity contribution is 5.77. The lowest BCUT2D eigenvalue weighted by atomic mass is 9.89. The second-order valence-electron chi connectivity index (χ2n) is 7.18. The van der Waals surface area contributed by atoms with Crippen LogP contribution in [0.3, 0.4) is 0 Å². The minimum absolute atomic E-state index is 0.0993. The SMILES string of the molecule is COc1ccc2c(c1)OC(C)(C)C[C@@H]2NC(=O)CCc1ccccc1F.